The van der Waals surface area contributed by atoms with Crippen LogP contribution in [0, 0.1) is 11.6 Å². The zero-order chi connectivity index (χ0) is 14.8. The van der Waals surface area contributed by atoms with Crippen LogP contribution in [0.15, 0.2) is 36.4 Å². The number of aromatic nitrogens is 1. The second kappa shape index (κ2) is 5.77. The van der Waals surface area contributed by atoms with Crippen molar-refractivity contribution in [2.75, 3.05) is 0 Å². The fourth-order valence-electron chi connectivity index (χ4n) is 2.03. The van der Waals surface area contributed by atoms with Crippen molar-refractivity contribution in [2.45, 2.75) is 20.0 Å². The van der Waals surface area contributed by atoms with Crippen molar-refractivity contribution in [1.82, 2.24) is 4.98 Å². The average Bonchev–Trinajstić information content (AvgIpc) is 2.90. The topological polar surface area (TPSA) is 22.1 Å². The largest absolute Gasteiger partial charge is 0.487 e. The molecule has 0 unspecified atom stereocenters. The maximum absolute atomic E-state index is 13.6. The molecule has 0 spiro atoms. The van der Waals surface area contributed by atoms with E-state index in [1.54, 1.807) is 11.3 Å². The van der Waals surface area contributed by atoms with Gasteiger partial charge in [0, 0.05) is 11.6 Å². The Labute approximate surface area is 125 Å². The average molecular weight is 305 g/mol. The maximum Gasteiger partial charge on any atom is 0.139 e. The minimum Gasteiger partial charge on any atom is -0.487 e. The molecule has 0 saturated heterocycles. The first-order valence-electron chi connectivity index (χ1n) is 6.62. The Balaban J connectivity index is 1.86. The van der Waals surface area contributed by atoms with Gasteiger partial charge in [0.15, 0.2) is 0 Å². The zero-order valence-electron chi connectivity index (χ0n) is 11.4. The molecular weight excluding hydrogens is 292 g/mol. The quantitative estimate of drug-likeness (QED) is 0.696. The summed E-state index contributed by atoms with van der Waals surface area (Å²) in [4.78, 5) is 4.49. The van der Waals surface area contributed by atoms with Crippen molar-refractivity contribution < 1.29 is 13.5 Å². The van der Waals surface area contributed by atoms with Gasteiger partial charge in [0.05, 0.1) is 15.2 Å². The normalized spacial score (nSPS) is 11.0. The monoisotopic (exact) mass is 305 g/mol. The molecule has 0 amide bonds. The first kappa shape index (κ1) is 13.9. The van der Waals surface area contributed by atoms with Crippen LogP contribution in [-0.2, 0) is 13.0 Å². The Hall–Kier alpha value is -2.01. The molecule has 0 bridgehead atoms. The van der Waals surface area contributed by atoms with Crippen molar-refractivity contribution in [3.8, 4) is 5.75 Å². The molecule has 5 heteroatoms. The number of hydrogen-bond acceptors (Lipinski definition) is 3. The lowest BCUT2D eigenvalue weighted by molar-refractivity contribution is 0.303. The van der Waals surface area contributed by atoms with Crippen LogP contribution in [0.5, 0.6) is 5.75 Å². The number of benzene rings is 2. The lowest BCUT2D eigenvalue weighted by Gasteiger charge is -2.07. The highest BCUT2D eigenvalue weighted by atomic mass is 32.1. The van der Waals surface area contributed by atoms with Gasteiger partial charge in [-0.1, -0.05) is 13.0 Å². The summed E-state index contributed by atoms with van der Waals surface area (Å²) < 4.78 is 33.1. The molecule has 0 N–H and O–H groups in total. The standard InChI is InChI=1S/C16H13F2NOS/c1-2-15-19-13-4-3-5-14(16(13)21-15)20-9-10-6-7-11(17)8-12(10)18/h3-8H,2,9H2,1H3. The Morgan fingerprint density at radius 2 is 2.05 bits per heavy atom. The summed E-state index contributed by atoms with van der Waals surface area (Å²) in [6, 6.07) is 9.11. The highest BCUT2D eigenvalue weighted by Crippen LogP contribution is 2.32. The Bertz CT molecular complexity index is 785. The van der Waals surface area contributed by atoms with Crippen LogP contribution in [0.3, 0.4) is 0 Å². The van der Waals surface area contributed by atoms with Crippen LogP contribution >= 0.6 is 11.3 Å². The van der Waals surface area contributed by atoms with Crippen molar-refractivity contribution in [3.63, 3.8) is 0 Å². The van der Waals surface area contributed by atoms with Crippen LogP contribution < -0.4 is 4.74 Å². The van der Waals surface area contributed by atoms with E-state index >= 15 is 0 Å². The molecule has 0 saturated carbocycles. The molecule has 108 valence electrons. The molecule has 0 atom stereocenters. The van der Waals surface area contributed by atoms with E-state index in [-0.39, 0.29) is 6.61 Å². The Kier molecular flexibility index (Phi) is 3.84. The minimum atomic E-state index is -0.597. The fraction of sp³-hybridized carbons (Fsp3) is 0.188. The van der Waals surface area contributed by atoms with Crippen LogP contribution in [0.1, 0.15) is 17.5 Å². The van der Waals surface area contributed by atoms with Crippen LogP contribution in [0.4, 0.5) is 8.78 Å². The van der Waals surface area contributed by atoms with E-state index in [1.807, 2.05) is 25.1 Å². The zero-order valence-corrected chi connectivity index (χ0v) is 12.2. The van der Waals surface area contributed by atoms with Crippen molar-refractivity contribution in [3.05, 3.63) is 58.6 Å². The second-order valence-electron chi connectivity index (χ2n) is 4.59. The van der Waals surface area contributed by atoms with Gasteiger partial charge in [-0.25, -0.2) is 13.8 Å². The lowest BCUT2D eigenvalue weighted by Crippen LogP contribution is -1.99. The summed E-state index contributed by atoms with van der Waals surface area (Å²) in [6.45, 7) is 2.11. The summed E-state index contributed by atoms with van der Waals surface area (Å²) >= 11 is 1.58. The number of nitrogens with zero attached hydrogens (tertiary/aromatic N) is 1. The van der Waals surface area contributed by atoms with Crippen LogP contribution in [0.2, 0.25) is 0 Å². The fourth-order valence-corrected chi connectivity index (χ4v) is 3.00. The molecule has 0 fully saturated rings. The second-order valence-corrected chi connectivity index (χ2v) is 5.67. The molecule has 0 aliphatic rings. The van der Waals surface area contributed by atoms with E-state index in [0.717, 1.165) is 27.7 Å². The molecule has 2 nitrogen and oxygen atoms in total. The molecule has 0 aliphatic heterocycles. The third-order valence-electron chi connectivity index (χ3n) is 3.12. The molecule has 3 rings (SSSR count). The van der Waals surface area contributed by atoms with Crippen molar-refractivity contribution >= 4 is 21.6 Å². The number of rotatable bonds is 4. The van der Waals surface area contributed by atoms with E-state index in [0.29, 0.717) is 11.3 Å². The van der Waals surface area contributed by atoms with E-state index < -0.39 is 11.6 Å². The van der Waals surface area contributed by atoms with E-state index in [1.165, 1.54) is 12.1 Å². The van der Waals surface area contributed by atoms with E-state index in [4.69, 9.17) is 4.74 Å². The summed E-state index contributed by atoms with van der Waals surface area (Å²) in [5, 5.41) is 1.04. The van der Waals surface area contributed by atoms with Gasteiger partial charge in [-0.3, -0.25) is 0 Å². The predicted molar refractivity (Wildman–Crippen MR) is 79.7 cm³/mol. The highest BCUT2D eigenvalue weighted by molar-refractivity contribution is 7.19. The molecule has 2 aromatic carbocycles. The van der Waals surface area contributed by atoms with Gasteiger partial charge < -0.3 is 4.74 Å². The lowest BCUT2D eigenvalue weighted by atomic mass is 10.2. The number of fused-ring (bicyclic) bond motifs is 1. The highest BCUT2D eigenvalue weighted by Gasteiger charge is 2.10. The first-order chi connectivity index (χ1) is 10.2. The number of halogens is 2. The number of hydrogen-bond donors (Lipinski definition) is 0. The van der Waals surface area contributed by atoms with Gasteiger partial charge in [0.2, 0.25) is 0 Å². The van der Waals surface area contributed by atoms with E-state index in [2.05, 4.69) is 4.98 Å². The summed E-state index contributed by atoms with van der Waals surface area (Å²) in [7, 11) is 0. The Morgan fingerprint density at radius 1 is 1.19 bits per heavy atom. The molecule has 1 aromatic heterocycles. The molecule has 21 heavy (non-hydrogen) atoms. The SMILES string of the molecule is CCc1nc2cccc(OCc3ccc(F)cc3F)c2s1. The summed E-state index contributed by atoms with van der Waals surface area (Å²) in [5.41, 5.74) is 1.21. The molecule has 1 heterocycles. The van der Waals surface area contributed by atoms with Crippen LogP contribution in [-0.4, -0.2) is 4.98 Å². The third-order valence-corrected chi connectivity index (χ3v) is 4.35. The van der Waals surface area contributed by atoms with Gasteiger partial charge in [-0.2, -0.15) is 0 Å². The van der Waals surface area contributed by atoms with Gasteiger partial charge >= 0.3 is 0 Å². The van der Waals surface area contributed by atoms with Gasteiger partial charge in [-0.15, -0.1) is 11.3 Å². The van der Waals surface area contributed by atoms with Gasteiger partial charge in [0.25, 0.3) is 0 Å². The number of aryl methyl sites for hydroxylation is 1. The van der Waals surface area contributed by atoms with E-state index in [9.17, 15) is 8.78 Å². The predicted octanol–water partition coefficient (Wildman–Crippen LogP) is 4.72. The van der Waals surface area contributed by atoms with Crippen molar-refractivity contribution in [1.29, 1.82) is 0 Å². The van der Waals surface area contributed by atoms with Gasteiger partial charge in [0.1, 0.15) is 24.0 Å². The molecular formula is C16H13F2NOS. The summed E-state index contributed by atoms with van der Waals surface area (Å²) in [5.74, 6) is -0.512. The third kappa shape index (κ3) is 2.88. The molecule has 0 aliphatic carbocycles. The first-order valence-corrected chi connectivity index (χ1v) is 7.44. The Morgan fingerprint density at radius 3 is 2.81 bits per heavy atom. The molecule has 0 radical (unpaired) electrons. The number of thiazole rings is 1. The minimum absolute atomic E-state index is 0.0601. The van der Waals surface area contributed by atoms with Gasteiger partial charge in [-0.05, 0) is 30.7 Å². The smallest absolute Gasteiger partial charge is 0.139 e. The number of ether oxygens (including phenoxy) is 1. The maximum atomic E-state index is 13.6. The molecule has 3 aromatic rings. The van der Waals surface area contributed by atoms with Crippen LogP contribution in [0.25, 0.3) is 10.2 Å². The summed E-state index contributed by atoms with van der Waals surface area (Å²) in [6.07, 6.45) is 0.866. The van der Waals surface area contributed by atoms with Crippen molar-refractivity contribution in [2.24, 2.45) is 0 Å².